The van der Waals surface area contributed by atoms with E-state index in [0.29, 0.717) is 24.4 Å². The first kappa shape index (κ1) is 14.3. The molecule has 1 heterocycles. The number of rotatable bonds is 2. The van der Waals surface area contributed by atoms with E-state index >= 15 is 0 Å². The Bertz CT molecular complexity index is 950. The van der Waals surface area contributed by atoms with Crippen molar-refractivity contribution >= 4 is 49.1 Å². The Hall–Kier alpha value is -2.34. The Morgan fingerprint density at radius 3 is 2.96 bits per heavy atom. The smallest absolute Gasteiger partial charge is 0.229 e. The van der Waals surface area contributed by atoms with E-state index < -0.39 is 0 Å². The zero-order chi connectivity index (χ0) is 16.0. The highest BCUT2D eigenvalue weighted by Gasteiger charge is 2.28. The van der Waals surface area contributed by atoms with Crippen LogP contribution in [-0.4, -0.2) is 16.7 Å². The fourth-order valence-corrected chi connectivity index (χ4v) is 3.99. The molecule has 4 rings (SSSR count). The average Bonchev–Trinajstić information content (AvgIpc) is 3.12. The molecule has 6 heteroatoms. The molecule has 1 fully saturated rings. The zero-order valence-corrected chi connectivity index (χ0v) is 13.0. The number of Topliss-reactive ketones (excluding diaryl/α,β-unsaturated/α-hetero) is 1. The lowest BCUT2D eigenvalue weighted by Gasteiger charge is -2.06. The van der Waals surface area contributed by atoms with Crippen molar-refractivity contribution in [3.8, 4) is 0 Å². The van der Waals surface area contributed by atoms with Crippen LogP contribution < -0.4 is 5.32 Å². The van der Waals surface area contributed by atoms with E-state index in [2.05, 4.69) is 10.3 Å². The summed E-state index contributed by atoms with van der Waals surface area (Å²) in [5, 5.41) is 5.05. The molecule has 0 bridgehead atoms. The van der Waals surface area contributed by atoms with Crippen molar-refractivity contribution in [2.45, 2.75) is 19.3 Å². The molecule has 1 saturated carbocycles. The molecule has 23 heavy (non-hydrogen) atoms. The number of amides is 1. The van der Waals surface area contributed by atoms with Crippen LogP contribution in [0.5, 0.6) is 0 Å². The maximum Gasteiger partial charge on any atom is 0.229 e. The van der Waals surface area contributed by atoms with Gasteiger partial charge in [0.2, 0.25) is 5.91 Å². The highest BCUT2D eigenvalue weighted by Crippen LogP contribution is 2.33. The van der Waals surface area contributed by atoms with Crippen LogP contribution in [0.4, 0.5) is 9.52 Å². The van der Waals surface area contributed by atoms with Crippen molar-refractivity contribution in [2.24, 2.45) is 5.92 Å². The Morgan fingerprint density at radius 2 is 2.17 bits per heavy atom. The Kier molecular flexibility index (Phi) is 3.34. The molecule has 1 aliphatic rings. The fraction of sp³-hybridized carbons (Fsp3) is 0.235. The molecule has 0 radical (unpaired) electrons. The topological polar surface area (TPSA) is 59.1 Å². The summed E-state index contributed by atoms with van der Waals surface area (Å²) < 4.78 is 14.2. The molecule has 0 saturated heterocycles. The molecule has 1 aliphatic carbocycles. The molecule has 1 atom stereocenters. The number of anilines is 1. The van der Waals surface area contributed by atoms with Crippen LogP contribution in [0.15, 0.2) is 30.3 Å². The number of thiazole rings is 1. The second-order valence-electron chi connectivity index (χ2n) is 5.77. The Labute approximate surface area is 135 Å². The van der Waals surface area contributed by atoms with Gasteiger partial charge in [0.1, 0.15) is 11.6 Å². The van der Waals surface area contributed by atoms with Gasteiger partial charge in [0.05, 0.1) is 10.2 Å². The van der Waals surface area contributed by atoms with Crippen molar-refractivity contribution in [3.05, 3.63) is 36.1 Å². The summed E-state index contributed by atoms with van der Waals surface area (Å²) >= 11 is 1.37. The standard InChI is InChI=1S/C17H13FN2O2S/c18-11-3-5-13-9(7-11)2-6-14-15(13)23-17(19-14)20-16(22)10-1-4-12(21)8-10/h2-3,5-7,10H,1,4,8H2,(H,19,20,22)/t10-/m1/s1. The maximum atomic E-state index is 13.3. The highest BCUT2D eigenvalue weighted by atomic mass is 32.1. The SMILES string of the molecule is O=C1CC[C@@H](C(=O)Nc2nc3ccc4cc(F)ccc4c3s2)C1. The number of carbonyl (C=O) groups is 2. The summed E-state index contributed by atoms with van der Waals surface area (Å²) in [6, 6.07) is 8.28. The lowest BCUT2D eigenvalue weighted by atomic mass is 10.1. The fourth-order valence-electron chi connectivity index (χ4n) is 2.98. The summed E-state index contributed by atoms with van der Waals surface area (Å²) in [5.41, 5.74) is 0.770. The van der Waals surface area contributed by atoms with E-state index in [4.69, 9.17) is 0 Å². The predicted octanol–water partition coefficient (Wildman–Crippen LogP) is 3.90. The molecule has 2 aromatic carbocycles. The molecule has 0 aliphatic heterocycles. The van der Waals surface area contributed by atoms with Gasteiger partial charge in [-0.25, -0.2) is 9.37 Å². The van der Waals surface area contributed by atoms with Gasteiger partial charge in [-0.1, -0.05) is 17.4 Å². The summed E-state index contributed by atoms with van der Waals surface area (Å²) in [5.74, 6) is -0.533. The monoisotopic (exact) mass is 328 g/mol. The molecular weight excluding hydrogens is 315 g/mol. The summed E-state index contributed by atoms with van der Waals surface area (Å²) in [6.45, 7) is 0. The summed E-state index contributed by atoms with van der Waals surface area (Å²) in [6.07, 6.45) is 1.41. The molecule has 3 aromatic rings. The molecule has 4 nitrogen and oxygen atoms in total. The lowest BCUT2D eigenvalue weighted by molar-refractivity contribution is -0.122. The third kappa shape index (κ3) is 2.59. The Morgan fingerprint density at radius 1 is 1.30 bits per heavy atom. The zero-order valence-electron chi connectivity index (χ0n) is 12.1. The van der Waals surface area contributed by atoms with Gasteiger partial charge in [0.25, 0.3) is 0 Å². The van der Waals surface area contributed by atoms with Crippen LogP contribution in [0.3, 0.4) is 0 Å². The third-order valence-electron chi connectivity index (χ3n) is 4.18. The van der Waals surface area contributed by atoms with Crippen molar-refractivity contribution in [1.29, 1.82) is 0 Å². The van der Waals surface area contributed by atoms with E-state index in [1.165, 1.54) is 23.5 Å². The van der Waals surface area contributed by atoms with E-state index in [9.17, 15) is 14.0 Å². The van der Waals surface area contributed by atoms with Gasteiger partial charge in [-0.2, -0.15) is 0 Å². The number of nitrogens with one attached hydrogen (secondary N) is 1. The number of hydrogen-bond acceptors (Lipinski definition) is 4. The van der Waals surface area contributed by atoms with Crippen LogP contribution in [0, 0.1) is 11.7 Å². The van der Waals surface area contributed by atoms with Gasteiger partial charge in [0, 0.05) is 24.1 Å². The minimum absolute atomic E-state index is 0.141. The number of nitrogens with zero attached hydrogens (tertiary/aromatic N) is 1. The molecule has 1 N–H and O–H groups in total. The van der Waals surface area contributed by atoms with Gasteiger partial charge in [-0.05, 0) is 36.1 Å². The summed E-state index contributed by atoms with van der Waals surface area (Å²) in [7, 11) is 0. The van der Waals surface area contributed by atoms with Crippen molar-refractivity contribution in [1.82, 2.24) is 4.98 Å². The highest BCUT2D eigenvalue weighted by molar-refractivity contribution is 7.23. The van der Waals surface area contributed by atoms with E-state index in [1.54, 1.807) is 6.07 Å². The first-order chi connectivity index (χ1) is 11.1. The van der Waals surface area contributed by atoms with Crippen molar-refractivity contribution < 1.29 is 14.0 Å². The number of carbonyl (C=O) groups excluding carboxylic acids is 2. The number of fused-ring (bicyclic) bond motifs is 3. The van der Waals surface area contributed by atoms with E-state index in [1.807, 2.05) is 12.1 Å². The predicted molar refractivity (Wildman–Crippen MR) is 88.1 cm³/mol. The Balaban J connectivity index is 1.67. The number of ketones is 1. The van der Waals surface area contributed by atoms with Crippen molar-refractivity contribution in [2.75, 3.05) is 5.32 Å². The number of benzene rings is 2. The van der Waals surface area contributed by atoms with Crippen LogP contribution in [0.1, 0.15) is 19.3 Å². The molecule has 0 spiro atoms. The van der Waals surface area contributed by atoms with Gasteiger partial charge < -0.3 is 5.32 Å². The number of halogens is 1. The molecule has 116 valence electrons. The second kappa shape index (κ2) is 5.38. The van der Waals surface area contributed by atoms with Gasteiger partial charge in [-0.15, -0.1) is 0 Å². The van der Waals surface area contributed by atoms with E-state index in [0.717, 1.165) is 21.0 Å². The van der Waals surface area contributed by atoms with Gasteiger partial charge in [-0.3, -0.25) is 9.59 Å². The second-order valence-corrected chi connectivity index (χ2v) is 6.77. The van der Waals surface area contributed by atoms with Crippen LogP contribution in [0.2, 0.25) is 0 Å². The van der Waals surface area contributed by atoms with Crippen LogP contribution in [0.25, 0.3) is 21.0 Å². The van der Waals surface area contributed by atoms with Crippen LogP contribution >= 0.6 is 11.3 Å². The first-order valence-electron chi connectivity index (χ1n) is 7.41. The third-order valence-corrected chi connectivity index (χ3v) is 5.20. The quantitative estimate of drug-likeness (QED) is 0.776. The minimum Gasteiger partial charge on any atom is -0.302 e. The largest absolute Gasteiger partial charge is 0.302 e. The van der Waals surface area contributed by atoms with E-state index in [-0.39, 0.29) is 23.4 Å². The number of hydrogen-bond donors (Lipinski definition) is 1. The molecular formula is C17H13FN2O2S. The lowest BCUT2D eigenvalue weighted by Crippen LogP contribution is -2.20. The van der Waals surface area contributed by atoms with Gasteiger partial charge in [0.15, 0.2) is 5.13 Å². The molecule has 1 amide bonds. The first-order valence-corrected chi connectivity index (χ1v) is 8.23. The van der Waals surface area contributed by atoms with Crippen LogP contribution in [-0.2, 0) is 9.59 Å². The van der Waals surface area contributed by atoms with Gasteiger partial charge >= 0.3 is 0 Å². The maximum absolute atomic E-state index is 13.3. The average molecular weight is 328 g/mol. The molecule has 1 aromatic heterocycles. The number of aromatic nitrogens is 1. The minimum atomic E-state index is -0.277. The normalized spacial score (nSPS) is 18.0. The summed E-state index contributed by atoms with van der Waals surface area (Å²) in [4.78, 5) is 27.9. The molecule has 0 unspecified atom stereocenters. The van der Waals surface area contributed by atoms with Crippen molar-refractivity contribution in [3.63, 3.8) is 0 Å².